The molecule has 0 aliphatic carbocycles. The molecule has 0 aromatic heterocycles. The monoisotopic (exact) mass is 269 g/mol. The van der Waals surface area contributed by atoms with E-state index in [1.54, 1.807) is 12.1 Å². The number of ether oxygens (including phenoxy) is 1. The van der Waals surface area contributed by atoms with Crippen LogP contribution in [0.15, 0.2) is 34.3 Å². The van der Waals surface area contributed by atoms with Crippen LogP contribution in [0.25, 0.3) is 0 Å². The molecular formula is C12H15NO4S. The van der Waals surface area contributed by atoms with Gasteiger partial charge in [0.1, 0.15) is 4.90 Å². The molecule has 98 valence electrons. The Labute approximate surface area is 107 Å². The first-order valence-corrected chi connectivity index (χ1v) is 7.12. The summed E-state index contributed by atoms with van der Waals surface area (Å²) in [4.78, 5) is 0.106. The molecule has 1 saturated heterocycles. The molecule has 0 atom stereocenters. The number of nitrogens with zero attached hydrogens (tertiary/aromatic N) is 1. The van der Waals surface area contributed by atoms with Crippen molar-refractivity contribution in [1.82, 2.24) is 0 Å². The van der Waals surface area contributed by atoms with Crippen LogP contribution in [0.2, 0.25) is 0 Å². The molecule has 0 N–H and O–H groups in total. The van der Waals surface area contributed by atoms with E-state index in [4.69, 9.17) is 4.74 Å². The lowest BCUT2D eigenvalue weighted by atomic mass is 10.2. The van der Waals surface area contributed by atoms with Gasteiger partial charge >= 0.3 is 10.1 Å². The van der Waals surface area contributed by atoms with Crippen LogP contribution in [-0.2, 0) is 19.1 Å². The van der Waals surface area contributed by atoms with Gasteiger partial charge < -0.3 is 4.74 Å². The maximum atomic E-state index is 11.8. The lowest BCUT2D eigenvalue weighted by Crippen LogP contribution is -2.17. The molecule has 1 heterocycles. The Bertz CT molecular complexity index is 526. The van der Waals surface area contributed by atoms with Gasteiger partial charge in [0.05, 0.1) is 12.3 Å². The summed E-state index contributed by atoms with van der Waals surface area (Å²) in [5, 5.41) is 3.66. The van der Waals surface area contributed by atoms with Crippen molar-refractivity contribution in [3.05, 3.63) is 29.8 Å². The Hall–Kier alpha value is -1.40. The van der Waals surface area contributed by atoms with Gasteiger partial charge in [0.2, 0.25) is 0 Å². The molecular weight excluding hydrogens is 254 g/mol. The summed E-state index contributed by atoms with van der Waals surface area (Å²) in [6, 6.07) is 6.44. The van der Waals surface area contributed by atoms with Crippen molar-refractivity contribution in [2.24, 2.45) is 5.16 Å². The highest BCUT2D eigenvalue weighted by atomic mass is 32.2. The van der Waals surface area contributed by atoms with Crippen LogP contribution in [0.5, 0.6) is 0 Å². The molecule has 2 rings (SSSR count). The van der Waals surface area contributed by atoms with E-state index in [9.17, 15) is 8.42 Å². The number of oxime groups is 1. The summed E-state index contributed by atoms with van der Waals surface area (Å²) in [6.45, 7) is 2.91. The number of benzene rings is 1. The average molecular weight is 269 g/mol. The molecule has 5 nitrogen and oxygen atoms in total. The first kappa shape index (κ1) is 13.0. The van der Waals surface area contributed by atoms with Crippen LogP contribution in [0, 0.1) is 6.92 Å². The predicted molar refractivity (Wildman–Crippen MR) is 66.9 cm³/mol. The van der Waals surface area contributed by atoms with Gasteiger partial charge in [0, 0.05) is 6.61 Å². The molecule has 1 aromatic rings. The number of aryl methyl sites for hydroxylation is 1. The van der Waals surface area contributed by atoms with Crippen molar-refractivity contribution in [1.29, 1.82) is 0 Å². The normalized spacial score (nSPS) is 18.8. The molecule has 0 unspecified atom stereocenters. The molecule has 18 heavy (non-hydrogen) atoms. The molecule has 0 radical (unpaired) electrons. The Morgan fingerprint density at radius 1 is 1.28 bits per heavy atom. The lowest BCUT2D eigenvalue weighted by molar-refractivity contribution is 0.151. The standard InChI is InChI=1S/C12H15NO4S/c1-10-4-6-12(7-5-10)18(14,15)17-13-11-3-2-8-16-9-11/h4-7H,2-3,8-9H2,1H3/b13-11-. The third-order valence-corrected chi connectivity index (χ3v) is 3.72. The van der Waals surface area contributed by atoms with Gasteiger partial charge in [-0.2, -0.15) is 8.42 Å². The highest BCUT2D eigenvalue weighted by molar-refractivity contribution is 7.86. The van der Waals surface area contributed by atoms with Crippen molar-refractivity contribution >= 4 is 15.8 Å². The van der Waals surface area contributed by atoms with E-state index in [0.717, 1.165) is 12.0 Å². The predicted octanol–water partition coefficient (Wildman–Crippen LogP) is 1.87. The van der Waals surface area contributed by atoms with Crippen molar-refractivity contribution in [3.63, 3.8) is 0 Å². The van der Waals surface area contributed by atoms with Gasteiger partial charge in [0.25, 0.3) is 0 Å². The molecule has 6 heteroatoms. The summed E-state index contributed by atoms with van der Waals surface area (Å²) < 4.78 is 33.5. The Morgan fingerprint density at radius 2 is 2.00 bits per heavy atom. The van der Waals surface area contributed by atoms with Crippen LogP contribution >= 0.6 is 0 Å². The van der Waals surface area contributed by atoms with E-state index < -0.39 is 10.1 Å². The quantitative estimate of drug-likeness (QED) is 0.786. The maximum Gasteiger partial charge on any atom is 0.358 e. The second-order valence-electron chi connectivity index (χ2n) is 4.16. The fourth-order valence-electron chi connectivity index (χ4n) is 1.56. The van der Waals surface area contributed by atoms with Crippen molar-refractivity contribution in [2.75, 3.05) is 13.2 Å². The Balaban J connectivity index is 2.09. The highest BCUT2D eigenvalue weighted by Crippen LogP contribution is 2.14. The third kappa shape index (κ3) is 3.30. The van der Waals surface area contributed by atoms with Crippen molar-refractivity contribution in [2.45, 2.75) is 24.7 Å². The molecule has 1 aromatic carbocycles. The SMILES string of the molecule is Cc1ccc(S(=O)(=O)O/N=C2/CCCOC2)cc1. The van der Waals surface area contributed by atoms with Gasteiger partial charge in [-0.25, -0.2) is 0 Å². The van der Waals surface area contributed by atoms with E-state index >= 15 is 0 Å². The number of hydrogen-bond acceptors (Lipinski definition) is 5. The zero-order chi connectivity index (χ0) is 13.0. The van der Waals surface area contributed by atoms with Crippen LogP contribution in [0.4, 0.5) is 0 Å². The number of hydrogen-bond donors (Lipinski definition) is 0. The highest BCUT2D eigenvalue weighted by Gasteiger charge is 2.16. The molecule has 1 aliphatic rings. The van der Waals surface area contributed by atoms with Crippen LogP contribution in [0.1, 0.15) is 18.4 Å². The number of rotatable bonds is 3. The fraction of sp³-hybridized carbons (Fsp3) is 0.417. The smallest absolute Gasteiger partial charge is 0.358 e. The minimum absolute atomic E-state index is 0.106. The average Bonchev–Trinajstić information content (AvgIpc) is 2.38. The first-order chi connectivity index (χ1) is 8.58. The van der Waals surface area contributed by atoms with E-state index in [1.807, 2.05) is 6.92 Å². The molecule has 0 amide bonds. The first-order valence-electron chi connectivity index (χ1n) is 5.72. The summed E-state index contributed by atoms with van der Waals surface area (Å²) in [5.41, 5.74) is 1.61. The molecule has 0 bridgehead atoms. The van der Waals surface area contributed by atoms with Crippen molar-refractivity contribution in [3.8, 4) is 0 Å². The zero-order valence-corrected chi connectivity index (χ0v) is 10.9. The summed E-state index contributed by atoms with van der Waals surface area (Å²) in [6.07, 6.45) is 1.55. The van der Waals surface area contributed by atoms with E-state index in [-0.39, 0.29) is 4.90 Å². The summed E-state index contributed by atoms with van der Waals surface area (Å²) in [5.74, 6) is 0. The summed E-state index contributed by atoms with van der Waals surface area (Å²) in [7, 11) is -3.82. The van der Waals surface area contributed by atoms with Gasteiger partial charge in [-0.1, -0.05) is 22.9 Å². The Morgan fingerprint density at radius 3 is 2.61 bits per heavy atom. The molecule has 0 saturated carbocycles. The van der Waals surface area contributed by atoms with Gasteiger partial charge in [0.15, 0.2) is 0 Å². The van der Waals surface area contributed by atoms with E-state index in [2.05, 4.69) is 9.44 Å². The van der Waals surface area contributed by atoms with E-state index in [1.165, 1.54) is 12.1 Å². The molecule has 0 spiro atoms. The minimum atomic E-state index is -3.82. The van der Waals surface area contributed by atoms with Crippen LogP contribution in [0.3, 0.4) is 0 Å². The second kappa shape index (κ2) is 5.49. The molecule has 1 fully saturated rings. The molecule has 1 aliphatic heterocycles. The van der Waals surface area contributed by atoms with Crippen molar-refractivity contribution < 1.29 is 17.4 Å². The fourth-order valence-corrected chi connectivity index (χ4v) is 2.32. The summed E-state index contributed by atoms with van der Waals surface area (Å²) >= 11 is 0. The van der Waals surface area contributed by atoms with E-state index in [0.29, 0.717) is 25.3 Å². The van der Waals surface area contributed by atoms with Gasteiger partial charge in [-0.3, -0.25) is 4.28 Å². The minimum Gasteiger partial charge on any atom is -0.375 e. The van der Waals surface area contributed by atoms with Gasteiger partial charge in [-0.15, -0.1) is 0 Å². The lowest BCUT2D eigenvalue weighted by Gasteiger charge is -2.12. The van der Waals surface area contributed by atoms with Crippen LogP contribution in [-0.4, -0.2) is 27.3 Å². The largest absolute Gasteiger partial charge is 0.375 e. The van der Waals surface area contributed by atoms with Gasteiger partial charge in [-0.05, 0) is 31.9 Å². The zero-order valence-electron chi connectivity index (χ0n) is 10.1. The maximum absolute atomic E-state index is 11.8. The topological polar surface area (TPSA) is 65.0 Å². The Kier molecular flexibility index (Phi) is 3.98. The third-order valence-electron chi connectivity index (χ3n) is 2.60. The van der Waals surface area contributed by atoms with Crippen LogP contribution < -0.4 is 0 Å². The second-order valence-corrected chi connectivity index (χ2v) is 5.68.